The standard InChI is InChI=1S/C14H10BrClF4N4O2/c15-8-7(16)5-6-10(9(8)17)21-12(14(18,19)20)22-11(6)23-1-3-24(4-2-23)13(25)26/h5H,1-4H2,(H,25,26). The molecule has 0 saturated carbocycles. The molecule has 1 aromatic carbocycles. The van der Waals surface area contributed by atoms with Crippen molar-refractivity contribution in [2.24, 2.45) is 0 Å². The Labute approximate surface area is 157 Å². The topological polar surface area (TPSA) is 69.6 Å². The minimum absolute atomic E-state index is 0.0208. The van der Waals surface area contributed by atoms with Crippen molar-refractivity contribution in [3.63, 3.8) is 0 Å². The van der Waals surface area contributed by atoms with E-state index in [4.69, 9.17) is 16.7 Å². The fourth-order valence-corrected chi connectivity index (χ4v) is 3.13. The van der Waals surface area contributed by atoms with Gasteiger partial charge in [-0.3, -0.25) is 0 Å². The molecule has 12 heteroatoms. The van der Waals surface area contributed by atoms with Gasteiger partial charge in [0.1, 0.15) is 11.3 Å². The van der Waals surface area contributed by atoms with Crippen LogP contribution in [0, 0.1) is 5.82 Å². The Balaban J connectivity index is 2.15. The molecule has 140 valence electrons. The Kier molecular flexibility index (Phi) is 4.86. The SMILES string of the molecule is O=C(O)N1CCN(c2nc(C(F)(F)F)nc3c(F)c(Br)c(Cl)cc23)CC1. The average Bonchev–Trinajstić information content (AvgIpc) is 2.58. The molecular formula is C14H10BrClF4N4O2. The Bertz CT molecular complexity index is 888. The number of aromatic nitrogens is 2. The number of carbonyl (C=O) groups is 1. The van der Waals surface area contributed by atoms with Gasteiger partial charge >= 0.3 is 12.3 Å². The maximum atomic E-state index is 14.4. The quantitative estimate of drug-likeness (QED) is 0.518. The molecule has 0 aliphatic carbocycles. The van der Waals surface area contributed by atoms with Crippen molar-refractivity contribution in [3.8, 4) is 0 Å². The number of hydrogen-bond acceptors (Lipinski definition) is 4. The van der Waals surface area contributed by atoms with Gasteiger partial charge in [0.15, 0.2) is 5.82 Å². The monoisotopic (exact) mass is 456 g/mol. The normalized spacial score (nSPS) is 15.6. The lowest BCUT2D eigenvalue weighted by Gasteiger charge is -2.34. The van der Waals surface area contributed by atoms with Gasteiger partial charge in [-0.15, -0.1) is 0 Å². The van der Waals surface area contributed by atoms with Crippen LogP contribution in [0.15, 0.2) is 10.5 Å². The average molecular weight is 458 g/mol. The number of carboxylic acid groups (broad SMARTS) is 1. The van der Waals surface area contributed by atoms with E-state index < -0.39 is 29.4 Å². The van der Waals surface area contributed by atoms with E-state index in [0.717, 1.165) is 4.90 Å². The third-order valence-electron chi connectivity index (χ3n) is 3.91. The molecule has 0 spiro atoms. The second-order valence-corrected chi connectivity index (χ2v) is 6.71. The summed E-state index contributed by atoms with van der Waals surface area (Å²) in [7, 11) is 0. The van der Waals surface area contributed by atoms with Gasteiger partial charge in [-0.05, 0) is 22.0 Å². The number of nitrogens with zero attached hydrogens (tertiary/aromatic N) is 4. The van der Waals surface area contributed by atoms with Gasteiger partial charge < -0.3 is 14.9 Å². The summed E-state index contributed by atoms with van der Waals surface area (Å²) in [5.41, 5.74) is -0.515. The van der Waals surface area contributed by atoms with Crippen molar-refractivity contribution in [2.45, 2.75) is 6.18 Å². The highest BCUT2D eigenvalue weighted by molar-refractivity contribution is 9.10. The summed E-state index contributed by atoms with van der Waals surface area (Å²) in [5, 5.41) is 8.96. The molecule has 0 atom stereocenters. The molecule has 6 nitrogen and oxygen atoms in total. The second-order valence-electron chi connectivity index (χ2n) is 5.51. The first-order valence-electron chi connectivity index (χ1n) is 7.25. The number of hydrogen-bond donors (Lipinski definition) is 1. The van der Waals surface area contributed by atoms with Crippen LogP contribution in [0.25, 0.3) is 10.9 Å². The second kappa shape index (κ2) is 6.69. The van der Waals surface area contributed by atoms with Crippen LogP contribution in [0.5, 0.6) is 0 Å². The van der Waals surface area contributed by atoms with E-state index in [1.807, 2.05) is 0 Å². The summed E-state index contributed by atoms with van der Waals surface area (Å²) < 4.78 is 53.7. The zero-order valence-corrected chi connectivity index (χ0v) is 15.2. The van der Waals surface area contributed by atoms with Crippen LogP contribution < -0.4 is 4.90 Å². The number of alkyl halides is 3. The Hall–Kier alpha value is -1.88. The van der Waals surface area contributed by atoms with Gasteiger partial charge in [0.25, 0.3) is 0 Å². The van der Waals surface area contributed by atoms with E-state index in [0.29, 0.717) is 0 Å². The molecular weight excluding hydrogens is 448 g/mol. The van der Waals surface area contributed by atoms with Crippen molar-refractivity contribution in [3.05, 3.63) is 27.2 Å². The van der Waals surface area contributed by atoms with Gasteiger partial charge in [-0.25, -0.2) is 19.2 Å². The molecule has 3 rings (SSSR count). The third-order valence-corrected chi connectivity index (χ3v) is 5.21. The van der Waals surface area contributed by atoms with Crippen molar-refractivity contribution in [1.82, 2.24) is 14.9 Å². The number of rotatable bonds is 1. The van der Waals surface area contributed by atoms with Crippen LogP contribution in [-0.2, 0) is 6.18 Å². The predicted octanol–water partition coefficient (Wildman–Crippen LogP) is 4.00. The molecule has 1 aromatic heterocycles. The number of benzene rings is 1. The smallest absolute Gasteiger partial charge is 0.451 e. The lowest BCUT2D eigenvalue weighted by molar-refractivity contribution is -0.144. The minimum atomic E-state index is -4.87. The predicted molar refractivity (Wildman–Crippen MR) is 89.0 cm³/mol. The van der Waals surface area contributed by atoms with Gasteiger partial charge in [-0.1, -0.05) is 11.6 Å². The molecule has 1 N–H and O–H groups in total. The minimum Gasteiger partial charge on any atom is -0.465 e. The highest BCUT2D eigenvalue weighted by Crippen LogP contribution is 2.37. The number of anilines is 1. The van der Waals surface area contributed by atoms with Gasteiger partial charge in [-0.2, -0.15) is 13.2 Å². The molecule has 0 unspecified atom stereocenters. The summed E-state index contributed by atoms with van der Waals surface area (Å²) in [5.74, 6) is -2.64. The number of halogens is 6. The van der Waals surface area contributed by atoms with Crippen LogP contribution in [0.2, 0.25) is 5.02 Å². The summed E-state index contributed by atoms with van der Waals surface area (Å²) in [4.78, 5) is 20.5. The molecule has 2 heterocycles. The first-order chi connectivity index (χ1) is 12.1. The third kappa shape index (κ3) is 3.37. The van der Waals surface area contributed by atoms with Crippen LogP contribution in [0.4, 0.5) is 28.2 Å². The summed E-state index contributed by atoms with van der Waals surface area (Å²) in [6, 6.07) is 1.28. The molecule has 0 radical (unpaired) electrons. The molecule has 26 heavy (non-hydrogen) atoms. The summed E-state index contributed by atoms with van der Waals surface area (Å²) in [6.45, 7) is 0.361. The first-order valence-corrected chi connectivity index (χ1v) is 8.42. The Morgan fingerprint density at radius 1 is 1.23 bits per heavy atom. The first kappa shape index (κ1) is 18.9. The van der Waals surface area contributed by atoms with Crippen LogP contribution in [-0.4, -0.2) is 52.2 Å². The van der Waals surface area contributed by atoms with Gasteiger partial charge in [0.05, 0.1) is 9.50 Å². The van der Waals surface area contributed by atoms with Crippen molar-refractivity contribution in [1.29, 1.82) is 0 Å². The fourth-order valence-electron chi connectivity index (χ4n) is 2.63. The molecule has 1 fully saturated rings. The molecule has 1 saturated heterocycles. The Morgan fingerprint density at radius 3 is 2.38 bits per heavy atom. The summed E-state index contributed by atoms with van der Waals surface area (Å²) in [6.07, 6.45) is -5.99. The number of piperazine rings is 1. The zero-order valence-electron chi connectivity index (χ0n) is 12.8. The largest absolute Gasteiger partial charge is 0.465 e. The van der Waals surface area contributed by atoms with Crippen molar-refractivity contribution < 1.29 is 27.5 Å². The van der Waals surface area contributed by atoms with Crippen LogP contribution in [0.1, 0.15) is 5.82 Å². The van der Waals surface area contributed by atoms with Crippen molar-refractivity contribution in [2.75, 3.05) is 31.1 Å². The molecule has 1 amide bonds. The molecule has 0 bridgehead atoms. The van der Waals surface area contributed by atoms with E-state index in [1.165, 1.54) is 11.0 Å². The lowest BCUT2D eigenvalue weighted by Crippen LogP contribution is -2.48. The number of amides is 1. The summed E-state index contributed by atoms with van der Waals surface area (Å²) >= 11 is 8.81. The van der Waals surface area contributed by atoms with Crippen LogP contribution >= 0.6 is 27.5 Å². The van der Waals surface area contributed by atoms with E-state index in [-0.39, 0.29) is 46.9 Å². The van der Waals surface area contributed by atoms with E-state index in [2.05, 4.69) is 25.9 Å². The zero-order chi connectivity index (χ0) is 19.2. The van der Waals surface area contributed by atoms with E-state index >= 15 is 0 Å². The van der Waals surface area contributed by atoms with Crippen molar-refractivity contribution >= 4 is 50.3 Å². The maximum absolute atomic E-state index is 14.4. The van der Waals surface area contributed by atoms with Gasteiger partial charge in [0, 0.05) is 31.6 Å². The molecule has 1 aliphatic rings. The maximum Gasteiger partial charge on any atom is 0.451 e. The highest BCUT2D eigenvalue weighted by Gasteiger charge is 2.37. The highest BCUT2D eigenvalue weighted by atomic mass is 79.9. The van der Waals surface area contributed by atoms with E-state index in [9.17, 15) is 22.4 Å². The van der Waals surface area contributed by atoms with E-state index in [1.54, 1.807) is 0 Å². The fraction of sp³-hybridized carbons (Fsp3) is 0.357. The molecule has 1 aliphatic heterocycles. The Morgan fingerprint density at radius 2 is 1.85 bits per heavy atom. The van der Waals surface area contributed by atoms with Gasteiger partial charge in [0.2, 0.25) is 5.82 Å². The lowest BCUT2D eigenvalue weighted by atomic mass is 10.2. The molecule has 2 aromatic rings. The number of fused-ring (bicyclic) bond motifs is 1. The van der Waals surface area contributed by atoms with Crippen LogP contribution in [0.3, 0.4) is 0 Å².